The summed E-state index contributed by atoms with van der Waals surface area (Å²) in [6, 6.07) is 5.03. The molecule has 0 unspecified atom stereocenters. The van der Waals surface area contributed by atoms with Crippen molar-refractivity contribution < 1.29 is 14.4 Å². The predicted octanol–water partition coefficient (Wildman–Crippen LogP) is 20.5. The van der Waals surface area contributed by atoms with Crippen LogP contribution in [0, 0.1) is 41.5 Å². The average molecular weight is 1120 g/mol. The topological polar surface area (TPSA) is 54.5 Å². The molecule has 4 nitrogen and oxygen atoms in total. The highest BCUT2D eigenvalue weighted by Gasteiger charge is 2.42. The molecule has 0 saturated heterocycles. The Kier molecular flexibility index (Phi) is 21.9. The largest absolute Gasteiger partial charge is 0.288 e. The maximum Gasteiger partial charge on any atom is 0.263 e. The Bertz CT molecular complexity index is 3110. The normalized spacial score (nSPS) is 13.6. The first kappa shape index (κ1) is 58.9. The predicted molar refractivity (Wildman–Crippen MR) is 336 cm³/mol. The number of rotatable bonds is 34. The van der Waals surface area contributed by atoms with Crippen molar-refractivity contribution in [1.82, 2.24) is 4.90 Å². The van der Waals surface area contributed by atoms with Gasteiger partial charge in [-0.2, -0.15) is 0 Å². The van der Waals surface area contributed by atoms with Crippen LogP contribution in [-0.4, -0.2) is 29.0 Å². The lowest BCUT2D eigenvalue weighted by Gasteiger charge is -2.11. The second-order valence-electron chi connectivity index (χ2n) is 22.8. The number of ketones is 1. The van der Waals surface area contributed by atoms with Crippen molar-refractivity contribution in [2.75, 3.05) is 6.54 Å². The molecular formula is C67H91NO3S5. The van der Waals surface area contributed by atoms with Gasteiger partial charge in [0.25, 0.3) is 11.8 Å². The molecule has 0 fully saturated rings. The Morgan fingerprint density at radius 2 is 0.724 bits per heavy atom. The first-order chi connectivity index (χ1) is 36.9. The van der Waals surface area contributed by atoms with Crippen LogP contribution in [0.3, 0.4) is 0 Å². The van der Waals surface area contributed by atoms with E-state index in [1.807, 2.05) is 36.5 Å². The van der Waals surface area contributed by atoms with E-state index in [1.54, 1.807) is 34.0 Å². The molecule has 6 aromatic rings. The molecule has 412 valence electrons. The number of hydrogen-bond acceptors (Lipinski definition) is 8. The van der Waals surface area contributed by atoms with Gasteiger partial charge in [-0.25, -0.2) is 0 Å². The van der Waals surface area contributed by atoms with E-state index in [0.717, 1.165) is 69.9 Å². The summed E-state index contributed by atoms with van der Waals surface area (Å²) in [5.74, 6) is -0.258. The van der Waals surface area contributed by atoms with Crippen LogP contribution in [-0.2, 0) is 17.6 Å². The van der Waals surface area contributed by atoms with E-state index in [2.05, 4.69) is 60.6 Å². The second kappa shape index (κ2) is 28.3. The maximum absolute atomic E-state index is 16.0. The van der Waals surface area contributed by atoms with Gasteiger partial charge in [0, 0.05) is 82.4 Å². The summed E-state index contributed by atoms with van der Waals surface area (Å²) in [5.41, 5.74) is 7.46. The van der Waals surface area contributed by atoms with Crippen molar-refractivity contribution in [3.63, 3.8) is 0 Å². The Balaban J connectivity index is 1.10. The van der Waals surface area contributed by atoms with Crippen LogP contribution < -0.4 is 10.4 Å². The zero-order valence-electron chi connectivity index (χ0n) is 48.3. The molecule has 0 atom stereocenters. The summed E-state index contributed by atoms with van der Waals surface area (Å²) >= 11 is 8.88. The number of amides is 2. The fourth-order valence-electron chi connectivity index (χ4n) is 12.2. The van der Waals surface area contributed by atoms with E-state index in [4.69, 9.17) is 0 Å². The van der Waals surface area contributed by atoms with E-state index >= 15 is 4.79 Å². The number of fused-ring (bicyclic) bond motifs is 7. The monoisotopic (exact) mass is 1120 g/mol. The van der Waals surface area contributed by atoms with E-state index < -0.39 is 0 Å². The van der Waals surface area contributed by atoms with Gasteiger partial charge >= 0.3 is 0 Å². The summed E-state index contributed by atoms with van der Waals surface area (Å²) < 4.78 is 2.52. The number of carbonyl (C=O) groups is 3. The van der Waals surface area contributed by atoms with Crippen LogP contribution in [0.25, 0.3) is 41.1 Å². The van der Waals surface area contributed by atoms with Gasteiger partial charge in [-0.1, -0.05) is 181 Å². The highest BCUT2D eigenvalue weighted by molar-refractivity contribution is 7.24. The van der Waals surface area contributed by atoms with Crippen molar-refractivity contribution in [3.05, 3.63) is 85.2 Å². The highest BCUT2D eigenvalue weighted by atomic mass is 32.1. The van der Waals surface area contributed by atoms with Crippen molar-refractivity contribution in [3.8, 4) is 9.75 Å². The molecule has 1 aromatic carbocycles. The number of unbranched alkanes of at least 4 members (excludes halogenated alkanes) is 26. The first-order valence-corrected chi connectivity index (χ1v) is 34.5. The number of Topliss-reactive ketones (excluding diaryl/α,β-unsaturated/α-hetero) is 1. The lowest BCUT2D eigenvalue weighted by atomic mass is 9.99. The first-order valence-electron chi connectivity index (χ1n) is 30.4. The third-order valence-corrected chi connectivity index (χ3v) is 23.6. The molecule has 76 heavy (non-hydrogen) atoms. The Labute approximate surface area is 477 Å². The van der Waals surface area contributed by atoms with Crippen molar-refractivity contribution in [2.24, 2.45) is 0 Å². The van der Waals surface area contributed by atoms with Crippen LogP contribution >= 0.6 is 56.7 Å². The summed E-state index contributed by atoms with van der Waals surface area (Å²) in [6.07, 6.45) is 40.2. The van der Waals surface area contributed by atoms with E-state index in [0.29, 0.717) is 17.7 Å². The molecule has 5 aromatic heterocycles. The van der Waals surface area contributed by atoms with Gasteiger partial charge in [0.2, 0.25) is 0 Å². The molecule has 1 aliphatic carbocycles. The molecule has 0 N–H and O–H groups in total. The van der Waals surface area contributed by atoms with Crippen molar-refractivity contribution >= 4 is 106 Å². The number of nitrogens with zero attached hydrogens (tertiary/aromatic N) is 1. The lowest BCUT2D eigenvalue weighted by Crippen LogP contribution is -2.29. The van der Waals surface area contributed by atoms with E-state index in [1.165, 1.54) is 231 Å². The minimum atomic E-state index is -0.199. The third kappa shape index (κ3) is 13.0. The van der Waals surface area contributed by atoms with Gasteiger partial charge < -0.3 is 0 Å². The fraction of sp³-hybridized carbons (Fsp3) is 0.597. The van der Waals surface area contributed by atoms with Crippen molar-refractivity contribution in [1.29, 1.82) is 0 Å². The second-order valence-corrected chi connectivity index (χ2v) is 28.5. The van der Waals surface area contributed by atoms with Crippen LogP contribution in [0.1, 0.15) is 273 Å². The molecule has 0 spiro atoms. The van der Waals surface area contributed by atoms with Gasteiger partial charge in [0.05, 0.1) is 16.0 Å². The van der Waals surface area contributed by atoms with Gasteiger partial charge in [-0.15, -0.1) is 56.7 Å². The lowest BCUT2D eigenvalue weighted by molar-refractivity contribution is -0.108. The number of imide groups is 1. The molecule has 6 heterocycles. The van der Waals surface area contributed by atoms with Gasteiger partial charge in [-0.05, 0) is 109 Å². The smallest absolute Gasteiger partial charge is 0.263 e. The number of thiophene rings is 5. The summed E-state index contributed by atoms with van der Waals surface area (Å²) in [7, 11) is 0. The molecule has 0 radical (unpaired) electrons. The van der Waals surface area contributed by atoms with Crippen LogP contribution in [0.4, 0.5) is 0 Å². The molecule has 0 bridgehead atoms. The average Bonchev–Trinajstić information content (AvgIpc) is 4.28. The molecule has 2 amide bonds. The molecule has 1 aliphatic heterocycles. The van der Waals surface area contributed by atoms with Crippen LogP contribution in [0.5, 0.6) is 0 Å². The molecule has 9 heteroatoms. The molecule has 2 aliphatic rings. The summed E-state index contributed by atoms with van der Waals surface area (Å²) in [5, 5.41) is 4.91. The van der Waals surface area contributed by atoms with Gasteiger partial charge in [-0.3, -0.25) is 19.3 Å². The number of benzene rings is 1. The molecule has 0 saturated carbocycles. The van der Waals surface area contributed by atoms with Crippen LogP contribution in [0.2, 0.25) is 0 Å². The minimum absolute atomic E-state index is 0.129. The molecular weight excluding hydrogens is 1030 g/mol. The Morgan fingerprint density at radius 1 is 0.368 bits per heavy atom. The quantitative estimate of drug-likeness (QED) is 0.0299. The standard InChI is InChI=1S/C67H91NO3S5/c1-10-13-15-17-19-21-23-25-27-29-31-33-35-37-39-49-41-51-52-42-50(40-38-36-34-32-30-28-26-24-22-20-18-16-14-11-2)75-64(52)55-54(63(51)74-49)56(60-44(5)43(4)47(8)72-60)59(69)57(55)61-45(6)46(7)62(76-61)65-58-53(48(9)73-65)66(70)68(12-3)67(58)71/h41-42H,10-40H2,1-9H3. The van der Waals surface area contributed by atoms with E-state index in [-0.39, 0.29) is 17.6 Å². The fourth-order valence-corrected chi connectivity index (χ4v) is 18.7. The summed E-state index contributed by atoms with van der Waals surface area (Å²) in [4.78, 5) is 53.9. The van der Waals surface area contributed by atoms with Gasteiger partial charge in [0.15, 0.2) is 5.78 Å². The van der Waals surface area contributed by atoms with Gasteiger partial charge in [0.1, 0.15) is 0 Å². The third-order valence-electron chi connectivity index (χ3n) is 17.2. The minimum Gasteiger partial charge on any atom is -0.288 e. The highest BCUT2D eigenvalue weighted by Crippen LogP contribution is 2.49. The summed E-state index contributed by atoms with van der Waals surface area (Å²) in [6.45, 7) is 19.7. The van der Waals surface area contributed by atoms with Crippen LogP contribution in [0.15, 0.2) is 12.1 Å². The number of hydrogen-bond donors (Lipinski definition) is 0. The SMILES string of the molecule is CCCCCCCCCCCCCCCCc1cc2c(s1)c1c(c3sc(CCCCCCCCCCCCCCCC)cc32)=C(c2sc(-c3sc(C)c4c3C(=O)N(CC)C4=O)c(C)c2C)C(=O)C=1c1sc(C)c(C)c1C. The zero-order valence-corrected chi connectivity index (χ0v) is 52.4. The van der Waals surface area contributed by atoms with Crippen molar-refractivity contribution in [2.45, 2.75) is 255 Å². The van der Waals surface area contributed by atoms with E-state index in [9.17, 15) is 9.59 Å². The number of carbonyl (C=O) groups excluding carboxylic acids is 3. The maximum atomic E-state index is 16.0. The zero-order chi connectivity index (χ0) is 53.9. The Hall–Kier alpha value is -3.21. The molecule has 8 rings (SSSR count). The Morgan fingerprint density at radius 3 is 1.12 bits per heavy atom. The number of aryl methyl sites for hydroxylation is 4.